The molecule has 0 bridgehead atoms. The molecule has 12 heteroatoms. The smallest absolute Gasteiger partial charge is 0.320 e. The van der Waals surface area contributed by atoms with Crippen LogP contribution in [0.3, 0.4) is 0 Å². The van der Waals surface area contributed by atoms with E-state index in [1.807, 2.05) is 24.3 Å². The van der Waals surface area contributed by atoms with Crippen LogP contribution < -0.4 is 9.47 Å². The van der Waals surface area contributed by atoms with Gasteiger partial charge in [0.1, 0.15) is 30.0 Å². The van der Waals surface area contributed by atoms with Gasteiger partial charge in [0, 0.05) is 25.8 Å². The Morgan fingerprint density at radius 2 is 1.96 bits per heavy atom. The molecule has 0 spiro atoms. The third-order valence-corrected chi connectivity index (χ3v) is 8.59. The van der Waals surface area contributed by atoms with E-state index in [0.717, 1.165) is 62.0 Å². The third-order valence-electron chi connectivity index (χ3n) is 8.59. The van der Waals surface area contributed by atoms with E-state index >= 15 is 0 Å². The SMILES string of the molecule is N#Cc1ccc(OCc2cccc(OC3CCN(Cc4nc5ccc(C6C#CC6C(=O)O)nc5n4C[C@@H]4CCO4)CC3)n2)c(F)c1. The zero-order chi connectivity index (χ0) is 31.6. The Morgan fingerprint density at radius 3 is 2.65 bits per heavy atom. The van der Waals surface area contributed by atoms with E-state index in [9.17, 15) is 14.3 Å². The molecular formula is C34H31FN6O5. The Kier molecular flexibility index (Phi) is 8.22. The lowest BCUT2D eigenvalue weighted by Gasteiger charge is -2.32. The Labute approximate surface area is 264 Å². The lowest BCUT2D eigenvalue weighted by atomic mass is 9.83. The van der Waals surface area contributed by atoms with Crippen LogP contribution in [-0.2, 0) is 29.2 Å². The van der Waals surface area contributed by atoms with E-state index in [-0.39, 0.29) is 30.1 Å². The second-order valence-corrected chi connectivity index (χ2v) is 11.7. The minimum Gasteiger partial charge on any atom is -0.484 e. The molecule has 3 atom stereocenters. The van der Waals surface area contributed by atoms with Crippen LogP contribution in [-0.4, -0.2) is 67.4 Å². The molecule has 2 fully saturated rings. The van der Waals surface area contributed by atoms with Crippen molar-refractivity contribution in [2.75, 3.05) is 19.7 Å². The standard InChI is InChI=1S/C34H31FN6O5/c35-27-16-21(17-36)4-9-30(27)45-20-22-2-1-3-32(37-22)46-23-10-13-40(14-11-23)19-31-38-29-8-7-28(25-5-6-26(25)34(42)43)39-33(29)41(31)18-24-12-15-44-24/h1-4,7-9,16,23-26H,10-15,18-20H2,(H,42,43)/t24-,25?,26?/m0/s1. The number of fused-ring (bicyclic) bond motifs is 1. The van der Waals surface area contributed by atoms with E-state index in [1.165, 1.54) is 12.1 Å². The second kappa shape index (κ2) is 12.8. The lowest BCUT2D eigenvalue weighted by molar-refractivity contribution is -0.140. The number of halogens is 1. The fourth-order valence-electron chi connectivity index (χ4n) is 5.88. The van der Waals surface area contributed by atoms with Gasteiger partial charge in [-0.05, 0) is 55.7 Å². The number of carbonyl (C=O) groups is 1. The minimum absolute atomic E-state index is 0.00641. The minimum atomic E-state index is -0.927. The summed E-state index contributed by atoms with van der Waals surface area (Å²) in [5, 5.41) is 18.4. The molecule has 0 amide bonds. The number of imidazole rings is 1. The molecule has 2 saturated heterocycles. The average Bonchev–Trinajstić information content (AvgIpc) is 3.34. The van der Waals surface area contributed by atoms with E-state index < -0.39 is 23.6 Å². The average molecular weight is 623 g/mol. The number of nitriles is 1. The van der Waals surface area contributed by atoms with Crippen LogP contribution in [0.15, 0.2) is 48.5 Å². The first-order valence-electron chi connectivity index (χ1n) is 15.3. The number of aliphatic carboxylic acids is 1. The van der Waals surface area contributed by atoms with Gasteiger partial charge in [-0.15, -0.1) is 0 Å². The van der Waals surface area contributed by atoms with Crippen molar-refractivity contribution < 1.29 is 28.5 Å². The summed E-state index contributed by atoms with van der Waals surface area (Å²) in [6, 6.07) is 15.2. The van der Waals surface area contributed by atoms with Crippen LogP contribution in [0.1, 0.15) is 48.0 Å². The topological polar surface area (TPSA) is 136 Å². The van der Waals surface area contributed by atoms with Crippen molar-refractivity contribution >= 4 is 17.1 Å². The van der Waals surface area contributed by atoms with Gasteiger partial charge in [-0.2, -0.15) is 5.26 Å². The molecule has 46 heavy (non-hydrogen) atoms. The molecule has 7 rings (SSSR count). The van der Waals surface area contributed by atoms with E-state index in [4.69, 9.17) is 29.4 Å². The number of pyridine rings is 2. The lowest BCUT2D eigenvalue weighted by Crippen LogP contribution is -2.39. The van der Waals surface area contributed by atoms with Crippen LogP contribution in [0.5, 0.6) is 11.6 Å². The molecule has 2 unspecified atom stereocenters. The Morgan fingerprint density at radius 1 is 1.11 bits per heavy atom. The van der Waals surface area contributed by atoms with Gasteiger partial charge in [-0.1, -0.05) is 17.9 Å². The monoisotopic (exact) mass is 622 g/mol. The second-order valence-electron chi connectivity index (χ2n) is 11.7. The van der Waals surface area contributed by atoms with Crippen molar-refractivity contribution in [3.8, 4) is 29.5 Å². The van der Waals surface area contributed by atoms with Crippen LogP contribution in [0.25, 0.3) is 11.2 Å². The van der Waals surface area contributed by atoms with Crippen LogP contribution >= 0.6 is 0 Å². The molecule has 0 saturated carbocycles. The highest BCUT2D eigenvalue weighted by molar-refractivity contribution is 5.79. The fraction of sp³-hybridized carbons (Fsp3) is 0.382. The third kappa shape index (κ3) is 6.23. The van der Waals surface area contributed by atoms with Gasteiger partial charge >= 0.3 is 5.97 Å². The molecule has 234 valence electrons. The number of nitrogens with zero attached hydrogens (tertiary/aromatic N) is 6. The highest BCUT2D eigenvalue weighted by Gasteiger charge is 2.34. The Balaban J connectivity index is 0.977. The molecule has 11 nitrogen and oxygen atoms in total. The van der Waals surface area contributed by atoms with Crippen molar-refractivity contribution in [3.05, 3.63) is 77.1 Å². The number of rotatable bonds is 11. The van der Waals surface area contributed by atoms with Gasteiger partial charge in [0.25, 0.3) is 0 Å². The molecule has 1 aromatic carbocycles. The Hall–Kier alpha value is -5.04. The molecule has 5 heterocycles. The van der Waals surface area contributed by atoms with Crippen molar-refractivity contribution in [2.24, 2.45) is 5.92 Å². The summed E-state index contributed by atoms with van der Waals surface area (Å²) in [7, 11) is 0. The van der Waals surface area contributed by atoms with Gasteiger partial charge in [-0.3, -0.25) is 9.69 Å². The van der Waals surface area contributed by atoms with E-state index in [0.29, 0.717) is 30.4 Å². The maximum atomic E-state index is 14.2. The summed E-state index contributed by atoms with van der Waals surface area (Å²) >= 11 is 0. The molecular weight excluding hydrogens is 591 g/mol. The summed E-state index contributed by atoms with van der Waals surface area (Å²) < 4.78 is 33.9. The number of hydrogen-bond donors (Lipinski definition) is 1. The maximum absolute atomic E-state index is 14.2. The first-order valence-corrected chi connectivity index (χ1v) is 15.3. The molecule has 1 aliphatic carbocycles. The van der Waals surface area contributed by atoms with Crippen molar-refractivity contribution in [3.63, 3.8) is 0 Å². The summed E-state index contributed by atoms with van der Waals surface area (Å²) in [6.07, 6.45) is 2.69. The highest BCUT2D eigenvalue weighted by Crippen LogP contribution is 2.31. The maximum Gasteiger partial charge on any atom is 0.320 e. The fourth-order valence-corrected chi connectivity index (χ4v) is 5.88. The number of aromatic nitrogens is 4. The number of ether oxygens (including phenoxy) is 3. The summed E-state index contributed by atoms with van der Waals surface area (Å²) in [4.78, 5) is 28.2. The predicted molar refractivity (Wildman–Crippen MR) is 162 cm³/mol. The summed E-state index contributed by atoms with van der Waals surface area (Å²) in [5.41, 5.74) is 2.99. The number of carboxylic acid groups (broad SMARTS) is 1. The number of piperidine rings is 1. The van der Waals surface area contributed by atoms with Crippen molar-refractivity contribution in [2.45, 2.75) is 57.1 Å². The Bertz CT molecular complexity index is 1880. The largest absolute Gasteiger partial charge is 0.484 e. The van der Waals surface area contributed by atoms with E-state index in [2.05, 4.69) is 26.3 Å². The molecule has 2 aliphatic heterocycles. The first kappa shape index (κ1) is 29.7. The quantitative estimate of drug-likeness (QED) is 0.244. The van der Waals surface area contributed by atoms with Crippen LogP contribution in [0.2, 0.25) is 0 Å². The van der Waals surface area contributed by atoms with E-state index in [1.54, 1.807) is 12.1 Å². The van der Waals surface area contributed by atoms with Crippen molar-refractivity contribution in [1.29, 1.82) is 5.26 Å². The van der Waals surface area contributed by atoms with Gasteiger partial charge in [0.2, 0.25) is 5.88 Å². The van der Waals surface area contributed by atoms with Gasteiger partial charge in [-0.25, -0.2) is 19.3 Å². The number of carboxylic acids is 1. The normalized spacial score (nSPS) is 21.0. The zero-order valence-electron chi connectivity index (χ0n) is 24.9. The molecule has 1 N–H and O–H groups in total. The predicted octanol–water partition coefficient (Wildman–Crippen LogP) is 4.05. The van der Waals surface area contributed by atoms with Crippen LogP contribution in [0.4, 0.5) is 4.39 Å². The number of benzene rings is 1. The molecule has 0 radical (unpaired) electrons. The highest BCUT2D eigenvalue weighted by atomic mass is 19.1. The zero-order valence-corrected chi connectivity index (χ0v) is 24.9. The number of hydrogen-bond acceptors (Lipinski definition) is 9. The molecule has 3 aromatic heterocycles. The van der Waals surface area contributed by atoms with Crippen molar-refractivity contribution in [1.82, 2.24) is 24.4 Å². The number of likely N-dealkylation sites (tertiary alicyclic amines) is 1. The summed E-state index contributed by atoms with van der Waals surface area (Å²) in [5.74, 6) is 4.46. The molecule has 4 aromatic rings. The summed E-state index contributed by atoms with van der Waals surface area (Å²) in [6.45, 7) is 3.72. The molecule has 3 aliphatic rings. The van der Waals surface area contributed by atoms with Gasteiger partial charge in [0.05, 0.1) is 48.1 Å². The van der Waals surface area contributed by atoms with Crippen LogP contribution in [0, 0.1) is 34.9 Å². The first-order chi connectivity index (χ1) is 22.4. The van der Waals surface area contributed by atoms with Gasteiger partial charge in [0.15, 0.2) is 17.2 Å². The van der Waals surface area contributed by atoms with Gasteiger partial charge < -0.3 is 23.9 Å².